The van der Waals surface area contributed by atoms with Crippen molar-refractivity contribution in [3.63, 3.8) is 0 Å². The fourth-order valence-corrected chi connectivity index (χ4v) is 2.24. The minimum Gasteiger partial charge on any atom is -0.385 e. The molecular formula is C13H27NO2. The lowest BCUT2D eigenvalue weighted by Gasteiger charge is -2.29. The van der Waals surface area contributed by atoms with E-state index in [9.17, 15) is 0 Å². The van der Waals surface area contributed by atoms with E-state index in [0.717, 1.165) is 26.4 Å². The minimum absolute atomic E-state index is 0.387. The average molecular weight is 229 g/mol. The molecular weight excluding hydrogens is 202 g/mol. The Morgan fingerprint density at radius 1 is 1.38 bits per heavy atom. The molecule has 1 saturated heterocycles. The van der Waals surface area contributed by atoms with E-state index in [-0.39, 0.29) is 0 Å². The van der Waals surface area contributed by atoms with Crippen molar-refractivity contribution in [3.05, 3.63) is 0 Å². The molecule has 0 aromatic carbocycles. The highest BCUT2D eigenvalue weighted by Gasteiger charge is 2.33. The van der Waals surface area contributed by atoms with Gasteiger partial charge in [0.2, 0.25) is 0 Å². The van der Waals surface area contributed by atoms with Gasteiger partial charge < -0.3 is 14.8 Å². The Morgan fingerprint density at radius 2 is 2.19 bits per heavy atom. The SMILES string of the molecule is COCCCCC1(CNC(C)C)CCOC1. The van der Waals surface area contributed by atoms with Gasteiger partial charge in [-0.2, -0.15) is 0 Å². The highest BCUT2D eigenvalue weighted by Crippen LogP contribution is 2.33. The molecule has 1 fully saturated rings. The van der Waals surface area contributed by atoms with E-state index in [2.05, 4.69) is 19.2 Å². The summed E-state index contributed by atoms with van der Waals surface area (Å²) in [5.41, 5.74) is 0.387. The van der Waals surface area contributed by atoms with Gasteiger partial charge in [-0.25, -0.2) is 0 Å². The third-order valence-electron chi connectivity index (χ3n) is 3.38. The van der Waals surface area contributed by atoms with Crippen LogP contribution in [0.2, 0.25) is 0 Å². The lowest BCUT2D eigenvalue weighted by molar-refractivity contribution is 0.135. The fourth-order valence-electron chi connectivity index (χ4n) is 2.24. The van der Waals surface area contributed by atoms with Gasteiger partial charge in [0.25, 0.3) is 0 Å². The third kappa shape index (κ3) is 4.81. The van der Waals surface area contributed by atoms with E-state index in [1.807, 2.05) is 0 Å². The van der Waals surface area contributed by atoms with Crippen LogP contribution < -0.4 is 5.32 Å². The highest BCUT2D eigenvalue weighted by atomic mass is 16.5. The quantitative estimate of drug-likeness (QED) is 0.647. The second kappa shape index (κ2) is 7.25. The summed E-state index contributed by atoms with van der Waals surface area (Å²) in [6.07, 6.45) is 4.88. The van der Waals surface area contributed by atoms with Crippen molar-refractivity contribution in [3.8, 4) is 0 Å². The van der Waals surface area contributed by atoms with Crippen molar-refractivity contribution in [1.82, 2.24) is 5.32 Å². The van der Waals surface area contributed by atoms with Gasteiger partial charge in [-0.3, -0.25) is 0 Å². The first kappa shape index (κ1) is 13.9. The van der Waals surface area contributed by atoms with Gasteiger partial charge in [-0.15, -0.1) is 0 Å². The van der Waals surface area contributed by atoms with E-state index < -0.39 is 0 Å². The van der Waals surface area contributed by atoms with Crippen LogP contribution in [-0.2, 0) is 9.47 Å². The monoisotopic (exact) mass is 229 g/mol. The van der Waals surface area contributed by atoms with E-state index in [1.54, 1.807) is 7.11 Å². The standard InChI is InChI=1S/C13H27NO2/c1-12(2)14-10-13(7-9-16-11-13)6-4-5-8-15-3/h12,14H,4-11H2,1-3H3. The zero-order valence-corrected chi connectivity index (χ0v) is 11.1. The lowest BCUT2D eigenvalue weighted by atomic mass is 9.82. The topological polar surface area (TPSA) is 30.5 Å². The fraction of sp³-hybridized carbons (Fsp3) is 1.00. The van der Waals surface area contributed by atoms with Gasteiger partial charge in [0, 0.05) is 38.3 Å². The van der Waals surface area contributed by atoms with Crippen molar-refractivity contribution < 1.29 is 9.47 Å². The molecule has 0 radical (unpaired) electrons. The molecule has 16 heavy (non-hydrogen) atoms. The van der Waals surface area contributed by atoms with E-state index in [1.165, 1.54) is 25.7 Å². The van der Waals surface area contributed by atoms with Crippen molar-refractivity contribution >= 4 is 0 Å². The van der Waals surface area contributed by atoms with Gasteiger partial charge in [0.15, 0.2) is 0 Å². The zero-order chi connectivity index (χ0) is 11.9. The van der Waals surface area contributed by atoms with Crippen LogP contribution in [0.5, 0.6) is 0 Å². The van der Waals surface area contributed by atoms with Crippen LogP contribution in [0.1, 0.15) is 39.5 Å². The van der Waals surface area contributed by atoms with Crippen LogP contribution in [0.15, 0.2) is 0 Å². The van der Waals surface area contributed by atoms with Gasteiger partial charge in [0.1, 0.15) is 0 Å². The van der Waals surface area contributed by atoms with Crippen LogP contribution in [0, 0.1) is 5.41 Å². The molecule has 1 unspecified atom stereocenters. The van der Waals surface area contributed by atoms with Crippen molar-refractivity contribution in [2.75, 3.05) is 33.5 Å². The van der Waals surface area contributed by atoms with Crippen LogP contribution >= 0.6 is 0 Å². The second-order valence-electron chi connectivity index (χ2n) is 5.29. The summed E-state index contributed by atoms with van der Waals surface area (Å²) in [5, 5.41) is 3.56. The first-order valence-electron chi connectivity index (χ1n) is 6.49. The van der Waals surface area contributed by atoms with Gasteiger partial charge in [0.05, 0.1) is 6.61 Å². The molecule has 0 aromatic rings. The lowest BCUT2D eigenvalue weighted by Crippen LogP contribution is -2.38. The molecule has 1 aliphatic rings. The molecule has 0 amide bonds. The largest absolute Gasteiger partial charge is 0.385 e. The molecule has 1 N–H and O–H groups in total. The predicted molar refractivity (Wildman–Crippen MR) is 66.7 cm³/mol. The molecule has 1 rings (SSSR count). The Balaban J connectivity index is 2.27. The van der Waals surface area contributed by atoms with Crippen LogP contribution in [-0.4, -0.2) is 39.5 Å². The number of ether oxygens (including phenoxy) is 2. The third-order valence-corrected chi connectivity index (χ3v) is 3.38. The summed E-state index contributed by atoms with van der Waals surface area (Å²) in [7, 11) is 1.77. The molecule has 0 saturated carbocycles. The normalized spacial score (nSPS) is 25.5. The summed E-state index contributed by atoms with van der Waals surface area (Å²) < 4.78 is 10.7. The second-order valence-corrected chi connectivity index (χ2v) is 5.29. The van der Waals surface area contributed by atoms with Crippen molar-refractivity contribution in [1.29, 1.82) is 0 Å². The first-order valence-corrected chi connectivity index (χ1v) is 6.49. The van der Waals surface area contributed by atoms with Crippen molar-refractivity contribution in [2.45, 2.75) is 45.6 Å². The minimum atomic E-state index is 0.387. The van der Waals surface area contributed by atoms with Crippen LogP contribution in [0.4, 0.5) is 0 Å². The molecule has 1 atom stereocenters. The maximum absolute atomic E-state index is 5.58. The summed E-state index contributed by atoms with van der Waals surface area (Å²) in [6.45, 7) is 8.25. The number of rotatable bonds is 8. The predicted octanol–water partition coefficient (Wildman–Crippen LogP) is 2.21. The smallest absolute Gasteiger partial charge is 0.0535 e. The Bertz CT molecular complexity index is 177. The van der Waals surface area contributed by atoms with E-state index in [0.29, 0.717) is 11.5 Å². The first-order chi connectivity index (χ1) is 7.68. The number of hydrogen-bond donors (Lipinski definition) is 1. The van der Waals surface area contributed by atoms with Gasteiger partial charge in [-0.1, -0.05) is 20.3 Å². The summed E-state index contributed by atoms with van der Waals surface area (Å²) >= 11 is 0. The molecule has 96 valence electrons. The van der Waals surface area contributed by atoms with Gasteiger partial charge >= 0.3 is 0 Å². The summed E-state index contributed by atoms with van der Waals surface area (Å²) in [4.78, 5) is 0. The number of methoxy groups -OCH3 is 1. The Hall–Kier alpha value is -0.120. The van der Waals surface area contributed by atoms with Gasteiger partial charge in [-0.05, 0) is 19.3 Å². The molecule has 0 bridgehead atoms. The molecule has 3 nitrogen and oxygen atoms in total. The Morgan fingerprint density at radius 3 is 2.75 bits per heavy atom. The number of hydrogen-bond acceptors (Lipinski definition) is 3. The maximum atomic E-state index is 5.58. The van der Waals surface area contributed by atoms with Crippen LogP contribution in [0.3, 0.4) is 0 Å². The Kier molecular flexibility index (Phi) is 6.32. The summed E-state index contributed by atoms with van der Waals surface area (Å²) in [5.74, 6) is 0. The average Bonchev–Trinajstić information content (AvgIpc) is 2.71. The highest BCUT2D eigenvalue weighted by molar-refractivity contribution is 4.85. The molecule has 1 aliphatic heterocycles. The maximum Gasteiger partial charge on any atom is 0.0535 e. The van der Waals surface area contributed by atoms with E-state index >= 15 is 0 Å². The molecule has 0 spiro atoms. The Labute approximate surface area is 99.9 Å². The van der Waals surface area contributed by atoms with E-state index in [4.69, 9.17) is 9.47 Å². The van der Waals surface area contributed by atoms with Crippen LogP contribution in [0.25, 0.3) is 0 Å². The molecule has 3 heteroatoms. The molecule has 1 heterocycles. The summed E-state index contributed by atoms with van der Waals surface area (Å²) in [6, 6.07) is 0.566. The zero-order valence-electron chi connectivity index (χ0n) is 11.1. The molecule has 0 aromatic heterocycles. The number of unbranched alkanes of at least 4 members (excludes halogenated alkanes) is 1. The van der Waals surface area contributed by atoms with Crippen molar-refractivity contribution in [2.24, 2.45) is 5.41 Å². The molecule has 0 aliphatic carbocycles. The number of nitrogens with one attached hydrogen (secondary N) is 1.